The van der Waals surface area contributed by atoms with Crippen LogP contribution in [0.15, 0.2) is 0 Å². The van der Waals surface area contributed by atoms with Crippen molar-refractivity contribution in [2.24, 2.45) is 11.3 Å². The zero-order chi connectivity index (χ0) is 14.9. The van der Waals surface area contributed by atoms with Crippen LogP contribution in [0.2, 0.25) is 0 Å². The number of likely N-dealkylation sites (tertiary alicyclic amines) is 1. The van der Waals surface area contributed by atoms with Gasteiger partial charge in [0, 0.05) is 23.9 Å². The maximum atomic E-state index is 13.2. The average Bonchev–Trinajstić information content (AvgIpc) is 3.17. The van der Waals surface area contributed by atoms with E-state index in [-0.39, 0.29) is 11.5 Å². The molecule has 1 heterocycles. The molecule has 1 saturated heterocycles. The van der Waals surface area contributed by atoms with Gasteiger partial charge in [0.25, 0.3) is 0 Å². The Morgan fingerprint density at radius 3 is 2.48 bits per heavy atom. The van der Waals surface area contributed by atoms with Crippen LogP contribution in [0.3, 0.4) is 0 Å². The molecule has 3 nitrogen and oxygen atoms in total. The molecule has 0 radical (unpaired) electrons. The Bertz CT molecular complexity index is 375. The minimum absolute atomic E-state index is 0.0673. The number of rotatable bonds is 3. The van der Waals surface area contributed by atoms with Crippen molar-refractivity contribution in [3.05, 3.63) is 0 Å². The van der Waals surface area contributed by atoms with Gasteiger partial charge in [-0.3, -0.25) is 4.79 Å². The maximum Gasteiger partial charge on any atom is 0.229 e. The largest absolute Gasteiger partial charge is 0.393 e. The summed E-state index contributed by atoms with van der Waals surface area (Å²) in [5, 5.41) is 10.4. The third kappa shape index (κ3) is 2.74. The van der Waals surface area contributed by atoms with Crippen LogP contribution in [0, 0.1) is 11.3 Å². The Morgan fingerprint density at radius 1 is 1.10 bits per heavy atom. The number of hydrogen-bond donors (Lipinski definition) is 1. The van der Waals surface area contributed by atoms with Gasteiger partial charge < -0.3 is 10.0 Å². The lowest BCUT2D eigenvalue weighted by molar-refractivity contribution is -0.145. The van der Waals surface area contributed by atoms with E-state index in [0.29, 0.717) is 17.9 Å². The first kappa shape index (κ1) is 15.3. The fourth-order valence-corrected chi connectivity index (χ4v) is 5.15. The quantitative estimate of drug-likeness (QED) is 0.865. The van der Waals surface area contributed by atoms with Gasteiger partial charge in [-0.1, -0.05) is 32.6 Å². The number of aliphatic hydroxyl groups is 1. The van der Waals surface area contributed by atoms with Crippen LogP contribution in [-0.4, -0.2) is 34.6 Å². The lowest BCUT2D eigenvalue weighted by atomic mass is 9.78. The van der Waals surface area contributed by atoms with Crippen LogP contribution < -0.4 is 0 Å². The first-order chi connectivity index (χ1) is 10.2. The van der Waals surface area contributed by atoms with E-state index in [1.54, 1.807) is 0 Å². The molecule has 1 amide bonds. The first-order valence-corrected chi connectivity index (χ1v) is 9.17. The van der Waals surface area contributed by atoms with E-state index in [0.717, 1.165) is 57.9 Å². The van der Waals surface area contributed by atoms with Crippen LogP contribution in [0.1, 0.15) is 77.6 Å². The van der Waals surface area contributed by atoms with Gasteiger partial charge in [-0.05, 0) is 44.9 Å². The van der Waals surface area contributed by atoms with E-state index in [9.17, 15) is 9.90 Å². The van der Waals surface area contributed by atoms with Gasteiger partial charge in [-0.2, -0.15) is 0 Å². The SMILES string of the molecule is CCC1(C(=O)N2CCCC2C2CCCCC2O)CCCC1. The predicted molar refractivity (Wildman–Crippen MR) is 83.9 cm³/mol. The fraction of sp³-hybridized carbons (Fsp3) is 0.944. The molecule has 3 atom stereocenters. The molecule has 0 aromatic rings. The standard InChI is InChI=1S/C18H31NO2/c1-2-18(11-5-6-12-18)17(21)19-13-7-9-15(19)14-8-3-4-10-16(14)20/h14-16,20H,2-13H2,1H3. The number of hydrogen-bond acceptors (Lipinski definition) is 2. The highest BCUT2D eigenvalue weighted by molar-refractivity contribution is 5.83. The van der Waals surface area contributed by atoms with Crippen molar-refractivity contribution in [1.29, 1.82) is 0 Å². The van der Waals surface area contributed by atoms with Crippen molar-refractivity contribution in [2.45, 2.75) is 89.7 Å². The summed E-state index contributed by atoms with van der Waals surface area (Å²) in [6.07, 6.45) is 12.0. The monoisotopic (exact) mass is 293 g/mol. The summed E-state index contributed by atoms with van der Waals surface area (Å²) in [6, 6.07) is 0.317. The molecule has 1 aliphatic heterocycles. The molecule has 120 valence electrons. The number of carbonyl (C=O) groups is 1. The van der Waals surface area contributed by atoms with Crippen molar-refractivity contribution in [1.82, 2.24) is 4.90 Å². The molecule has 3 aliphatic rings. The van der Waals surface area contributed by atoms with Crippen LogP contribution in [0.5, 0.6) is 0 Å². The van der Waals surface area contributed by atoms with Crippen LogP contribution in [0.4, 0.5) is 0 Å². The van der Waals surface area contributed by atoms with Crippen molar-refractivity contribution in [3.8, 4) is 0 Å². The zero-order valence-corrected chi connectivity index (χ0v) is 13.5. The molecular weight excluding hydrogens is 262 g/mol. The minimum Gasteiger partial charge on any atom is -0.393 e. The summed E-state index contributed by atoms with van der Waals surface area (Å²) >= 11 is 0. The molecule has 1 N–H and O–H groups in total. The lowest BCUT2D eigenvalue weighted by Gasteiger charge is -2.40. The molecule has 3 heteroatoms. The smallest absolute Gasteiger partial charge is 0.229 e. The van der Waals surface area contributed by atoms with Gasteiger partial charge in [0.05, 0.1) is 6.10 Å². The van der Waals surface area contributed by atoms with E-state index in [1.165, 1.54) is 19.3 Å². The molecule has 2 saturated carbocycles. The highest BCUT2D eigenvalue weighted by atomic mass is 16.3. The third-order valence-electron chi connectivity index (χ3n) is 6.53. The Labute approximate surface area is 129 Å². The Morgan fingerprint density at radius 2 is 1.81 bits per heavy atom. The summed E-state index contributed by atoms with van der Waals surface area (Å²) < 4.78 is 0. The Kier molecular flexibility index (Phi) is 4.58. The predicted octanol–water partition coefficient (Wildman–Crippen LogP) is 3.50. The summed E-state index contributed by atoms with van der Waals surface area (Å²) in [7, 11) is 0. The molecule has 2 aliphatic carbocycles. The summed E-state index contributed by atoms with van der Waals surface area (Å²) in [5.41, 5.74) is -0.0673. The Hall–Kier alpha value is -0.570. The topological polar surface area (TPSA) is 40.5 Å². The lowest BCUT2D eigenvalue weighted by Crippen LogP contribution is -2.50. The fourth-order valence-electron chi connectivity index (χ4n) is 5.15. The number of aliphatic hydroxyl groups excluding tert-OH is 1. The van der Waals surface area contributed by atoms with Gasteiger partial charge in [0.1, 0.15) is 0 Å². The maximum absolute atomic E-state index is 13.2. The molecule has 3 fully saturated rings. The highest BCUT2D eigenvalue weighted by Crippen LogP contribution is 2.45. The molecule has 21 heavy (non-hydrogen) atoms. The second-order valence-electron chi connectivity index (χ2n) is 7.56. The van der Waals surface area contributed by atoms with Gasteiger partial charge in [-0.15, -0.1) is 0 Å². The molecule has 0 bridgehead atoms. The normalized spacial score (nSPS) is 36.1. The second-order valence-corrected chi connectivity index (χ2v) is 7.56. The van der Waals surface area contributed by atoms with Crippen molar-refractivity contribution >= 4 is 5.91 Å². The Balaban J connectivity index is 1.75. The van der Waals surface area contributed by atoms with E-state index in [4.69, 9.17) is 0 Å². The molecule has 3 rings (SSSR count). The van der Waals surface area contributed by atoms with Crippen molar-refractivity contribution in [3.63, 3.8) is 0 Å². The summed E-state index contributed by atoms with van der Waals surface area (Å²) in [4.78, 5) is 15.4. The van der Waals surface area contributed by atoms with Gasteiger partial charge in [0.15, 0.2) is 0 Å². The van der Waals surface area contributed by atoms with Crippen molar-refractivity contribution < 1.29 is 9.90 Å². The number of carbonyl (C=O) groups excluding carboxylic acids is 1. The first-order valence-electron chi connectivity index (χ1n) is 9.17. The van der Waals surface area contributed by atoms with Crippen LogP contribution in [0.25, 0.3) is 0 Å². The molecular formula is C18H31NO2. The van der Waals surface area contributed by atoms with Gasteiger partial charge in [-0.25, -0.2) is 0 Å². The minimum atomic E-state index is -0.182. The second kappa shape index (κ2) is 6.28. The van der Waals surface area contributed by atoms with Crippen LogP contribution >= 0.6 is 0 Å². The summed E-state index contributed by atoms with van der Waals surface area (Å²) in [5.74, 6) is 0.753. The summed E-state index contributed by atoms with van der Waals surface area (Å²) in [6.45, 7) is 3.11. The van der Waals surface area contributed by atoms with E-state index >= 15 is 0 Å². The average molecular weight is 293 g/mol. The van der Waals surface area contributed by atoms with E-state index < -0.39 is 0 Å². The van der Waals surface area contributed by atoms with Crippen LogP contribution in [-0.2, 0) is 4.79 Å². The van der Waals surface area contributed by atoms with Gasteiger partial charge >= 0.3 is 0 Å². The van der Waals surface area contributed by atoms with Crippen molar-refractivity contribution in [2.75, 3.05) is 6.54 Å². The molecule has 3 unspecified atom stereocenters. The molecule has 0 aromatic carbocycles. The van der Waals surface area contributed by atoms with E-state index in [2.05, 4.69) is 11.8 Å². The van der Waals surface area contributed by atoms with Gasteiger partial charge in [0.2, 0.25) is 5.91 Å². The third-order valence-corrected chi connectivity index (χ3v) is 6.53. The zero-order valence-electron chi connectivity index (χ0n) is 13.5. The molecule has 0 aromatic heterocycles. The highest BCUT2D eigenvalue weighted by Gasteiger charge is 2.47. The molecule has 0 spiro atoms. The number of amides is 1. The van der Waals surface area contributed by atoms with E-state index in [1.807, 2.05) is 0 Å². The number of nitrogens with zero attached hydrogens (tertiary/aromatic N) is 1.